The fourth-order valence-corrected chi connectivity index (χ4v) is 2.63. The van der Waals surface area contributed by atoms with E-state index in [1.54, 1.807) is 22.6 Å². The van der Waals surface area contributed by atoms with Crippen molar-refractivity contribution >= 4 is 32.4 Å². The molecule has 0 atom stereocenters. The first kappa shape index (κ1) is 16.9. The Hall–Kier alpha value is -1.43. The molecule has 0 saturated heterocycles. The highest BCUT2D eigenvalue weighted by Crippen LogP contribution is 2.32. The van der Waals surface area contributed by atoms with Crippen molar-refractivity contribution in [3.63, 3.8) is 0 Å². The number of nitrogens with zero attached hydrogens (tertiary/aromatic N) is 2. The summed E-state index contributed by atoms with van der Waals surface area (Å²) >= 11 is 1.76. The van der Waals surface area contributed by atoms with E-state index in [1.807, 2.05) is 0 Å². The highest BCUT2D eigenvalue weighted by molar-refractivity contribution is 14.1. The highest BCUT2D eigenvalue weighted by atomic mass is 127. The predicted molar refractivity (Wildman–Crippen MR) is 79.4 cm³/mol. The van der Waals surface area contributed by atoms with Gasteiger partial charge in [-0.15, -0.1) is 0 Å². The molecule has 2 aromatic rings. The molecule has 1 aromatic heterocycles. The average Bonchev–Trinajstić information content (AvgIpc) is 2.36. The molecule has 1 heterocycles. The van der Waals surface area contributed by atoms with Crippen molar-refractivity contribution < 1.29 is 26.3 Å². The second-order valence-electron chi connectivity index (χ2n) is 4.21. The Morgan fingerprint density at radius 2 is 1.86 bits per heavy atom. The first-order valence-corrected chi connectivity index (χ1v) is 8.62. The normalized spacial score (nSPS) is 12.2. The number of sulfone groups is 1. The molecule has 0 unspecified atom stereocenters. The number of aromatic nitrogens is 2. The summed E-state index contributed by atoms with van der Waals surface area (Å²) in [5.74, 6) is -0.261. The van der Waals surface area contributed by atoms with Gasteiger partial charge in [-0.25, -0.2) is 13.4 Å². The van der Waals surface area contributed by atoms with E-state index in [4.69, 9.17) is 4.74 Å². The smallest absolute Gasteiger partial charge is 0.416 e. The lowest BCUT2D eigenvalue weighted by molar-refractivity contribution is -0.137. The van der Waals surface area contributed by atoms with Gasteiger partial charge in [0.2, 0.25) is 15.7 Å². The van der Waals surface area contributed by atoms with Gasteiger partial charge in [0, 0.05) is 12.3 Å². The number of hydrogen-bond donors (Lipinski definition) is 0. The summed E-state index contributed by atoms with van der Waals surface area (Å²) in [6.45, 7) is 0. The lowest BCUT2D eigenvalue weighted by atomic mass is 10.2. The van der Waals surface area contributed by atoms with Crippen molar-refractivity contribution in [2.45, 2.75) is 11.3 Å². The Morgan fingerprint density at radius 1 is 1.18 bits per heavy atom. The van der Waals surface area contributed by atoms with Crippen LogP contribution >= 0.6 is 22.6 Å². The summed E-state index contributed by atoms with van der Waals surface area (Å²) in [7, 11) is -3.66. The van der Waals surface area contributed by atoms with Crippen LogP contribution in [0, 0.1) is 3.70 Å². The Labute approximate surface area is 137 Å². The molecule has 0 fully saturated rings. The molecular weight excluding hydrogens is 436 g/mol. The molecular formula is C12H8F3IN2O3S. The van der Waals surface area contributed by atoms with Crippen molar-refractivity contribution in [3.8, 4) is 11.6 Å². The minimum absolute atomic E-state index is 0.108. The largest absolute Gasteiger partial charge is 0.439 e. The van der Waals surface area contributed by atoms with Gasteiger partial charge in [-0.2, -0.15) is 18.2 Å². The molecule has 0 saturated carbocycles. The van der Waals surface area contributed by atoms with Gasteiger partial charge in [0.25, 0.3) is 5.16 Å². The summed E-state index contributed by atoms with van der Waals surface area (Å²) in [6.07, 6.45) is -3.58. The Kier molecular flexibility index (Phi) is 4.61. The van der Waals surface area contributed by atoms with E-state index in [-0.39, 0.29) is 15.3 Å². The zero-order valence-corrected chi connectivity index (χ0v) is 13.9. The van der Waals surface area contributed by atoms with Crippen LogP contribution in [0.5, 0.6) is 11.6 Å². The second kappa shape index (κ2) is 5.99. The SMILES string of the molecule is CS(=O)(=O)c1nc(I)cc(Oc2cccc(C(F)(F)F)c2)n1. The Balaban J connectivity index is 2.38. The van der Waals surface area contributed by atoms with Crippen LogP contribution < -0.4 is 4.74 Å². The van der Waals surface area contributed by atoms with Crippen LogP contribution in [0.25, 0.3) is 0 Å². The van der Waals surface area contributed by atoms with Gasteiger partial charge >= 0.3 is 6.18 Å². The lowest BCUT2D eigenvalue weighted by Crippen LogP contribution is -2.07. The van der Waals surface area contributed by atoms with E-state index >= 15 is 0 Å². The third-order valence-electron chi connectivity index (χ3n) is 2.37. The van der Waals surface area contributed by atoms with Crippen LogP contribution in [0.3, 0.4) is 0 Å². The van der Waals surface area contributed by atoms with E-state index in [2.05, 4.69) is 9.97 Å². The second-order valence-corrected chi connectivity index (χ2v) is 7.23. The van der Waals surface area contributed by atoms with Crippen LogP contribution in [0.4, 0.5) is 13.2 Å². The summed E-state index contributed by atoms with van der Waals surface area (Å²) in [6, 6.07) is 5.51. The monoisotopic (exact) mass is 444 g/mol. The van der Waals surface area contributed by atoms with Gasteiger partial charge in [0.05, 0.1) is 5.56 Å². The molecule has 22 heavy (non-hydrogen) atoms. The first-order chi connectivity index (χ1) is 10.1. The summed E-state index contributed by atoms with van der Waals surface area (Å²) in [4.78, 5) is 7.42. The van der Waals surface area contributed by atoms with E-state index in [1.165, 1.54) is 18.2 Å². The van der Waals surface area contributed by atoms with Gasteiger partial charge in [-0.1, -0.05) is 6.07 Å². The van der Waals surface area contributed by atoms with E-state index in [0.29, 0.717) is 0 Å². The van der Waals surface area contributed by atoms with Crippen molar-refractivity contribution in [1.29, 1.82) is 0 Å². The predicted octanol–water partition coefficient (Wildman–Crippen LogP) is 3.30. The maximum absolute atomic E-state index is 12.6. The average molecular weight is 444 g/mol. The van der Waals surface area contributed by atoms with Gasteiger partial charge < -0.3 is 4.74 Å². The van der Waals surface area contributed by atoms with Crippen molar-refractivity contribution in [2.24, 2.45) is 0 Å². The van der Waals surface area contributed by atoms with Crippen LogP contribution in [0.1, 0.15) is 5.56 Å². The molecule has 0 amide bonds. The van der Waals surface area contributed by atoms with E-state index < -0.39 is 26.7 Å². The maximum atomic E-state index is 12.6. The number of rotatable bonds is 3. The van der Waals surface area contributed by atoms with Crippen LogP contribution in [0.15, 0.2) is 35.5 Å². The third kappa shape index (κ3) is 4.29. The molecule has 0 bridgehead atoms. The minimum Gasteiger partial charge on any atom is -0.439 e. The maximum Gasteiger partial charge on any atom is 0.416 e. The molecule has 0 aliphatic carbocycles. The molecule has 0 aliphatic heterocycles. The van der Waals surface area contributed by atoms with E-state index in [9.17, 15) is 21.6 Å². The molecule has 0 aliphatic rings. The van der Waals surface area contributed by atoms with Crippen molar-refractivity contribution in [2.75, 3.05) is 6.26 Å². The summed E-state index contributed by atoms with van der Waals surface area (Å²) in [5, 5.41) is -0.457. The summed E-state index contributed by atoms with van der Waals surface area (Å²) < 4.78 is 66.3. The number of ether oxygens (including phenoxy) is 1. The number of benzene rings is 1. The first-order valence-electron chi connectivity index (χ1n) is 5.65. The van der Waals surface area contributed by atoms with E-state index in [0.717, 1.165) is 18.4 Å². The molecule has 118 valence electrons. The zero-order valence-electron chi connectivity index (χ0n) is 10.9. The minimum atomic E-state index is -4.50. The molecule has 5 nitrogen and oxygen atoms in total. The zero-order chi connectivity index (χ0) is 16.5. The van der Waals surface area contributed by atoms with Crippen LogP contribution in [0.2, 0.25) is 0 Å². The molecule has 0 N–H and O–H groups in total. The highest BCUT2D eigenvalue weighted by Gasteiger charge is 2.30. The van der Waals surface area contributed by atoms with Crippen LogP contribution in [-0.2, 0) is 16.0 Å². The van der Waals surface area contributed by atoms with Crippen LogP contribution in [-0.4, -0.2) is 24.6 Å². The molecule has 1 aromatic carbocycles. The third-order valence-corrected chi connectivity index (χ3v) is 3.76. The van der Waals surface area contributed by atoms with Gasteiger partial charge in [0.15, 0.2) is 0 Å². The van der Waals surface area contributed by atoms with Crippen molar-refractivity contribution in [1.82, 2.24) is 9.97 Å². The topological polar surface area (TPSA) is 69.2 Å². The molecule has 0 radical (unpaired) electrons. The fourth-order valence-electron chi connectivity index (χ4n) is 1.45. The van der Waals surface area contributed by atoms with Gasteiger partial charge in [-0.3, -0.25) is 0 Å². The fraction of sp³-hybridized carbons (Fsp3) is 0.167. The molecule has 2 rings (SSSR count). The lowest BCUT2D eigenvalue weighted by Gasteiger charge is -2.10. The Morgan fingerprint density at radius 3 is 2.45 bits per heavy atom. The quantitative estimate of drug-likeness (QED) is 0.413. The summed E-state index contributed by atoms with van der Waals surface area (Å²) in [5.41, 5.74) is -0.878. The van der Waals surface area contributed by atoms with Gasteiger partial charge in [0.1, 0.15) is 9.45 Å². The number of halogens is 4. The van der Waals surface area contributed by atoms with Gasteiger partial charge in [-0.05, 0) is 40.8 Å². The number of alkyl halides is 3. The molecule has 0 spiro atoms. The molecule has 10 heteroatoms. The van der Waals surface area contributed by atoms with Crippen molar-refractivity contribution in [3.05, 3.63) is 39.6 Å². The number of hydrogen-bond acceptors (Lipinski definition) is 5. The standard InChI is InChI=1S/C12H8F3IN2O3S/c1-22(19,20)11-17-9(16)6-10(18-11)21-8-4-2-3-7(5-8)12(13,14)15/h2-6H,1H3. The Bertz CT molecular complexity index is 810.